The van der Waals surface area contributed by atoms with E-state index in [0.29, 0.717) is 31.6 Å². The molecule has 0 bridgehead atoms. The topological polar surface area (TPSA) is 99.7 Å². The molecular weight excluding hydrogens is 444 g/mol. The summed E-state index contributed by atoms with van der Waals surface area (Å²) in [6.07, 6.45) is 4.89. The fourth-order valence-electron chi connectivity index (χ4n) is 4.88. The highest BCUT2D eigenvalue weighted by Gasteiger charge is 2.36. The normalized spacial score (nSPS) is 21.9. The molecule has 2 aliphatic heterocycles. The number of anilines is 2. The summed E-state index contributed by atoms with van der Waals surface area (Å²) in [5.74, 6) is 2.07. The van der Waals surface area contributed by atoms with Crippen molar-refractivity contribution in [1.82, 2.24) is 20.2 Å². The first-order valence-electron chi connectivity index (χ1n) is 12.8. The summed E-state index contributed by atoms with van der Waals surface area (Å²) < 4.78 is 5.67. The number of carbonyl (C=O) groups is 2. The Morgan fingerprint density at radius 2 is 1.86 bits per heavy atom. The molecule has 9 heteroatoms. The molecule has 3 fully saturated rings. The number of hydrogen-bond acceptors (Lipinski definition) is 6. The molecule has 2 N–H and O–H groups in total. The molecule has 1 saturated heterocycles. The summed E-state index contributed by atoms with van der Waals surface area (Å²) in [6.45, 7) is 5.55. The second-order valence-corrected chi connectivity index (χ2v) is 10.1. The number of carbonyl (C=O) groups excluding carboxylic acids is 2. The van der Waals surface area contributed by atoms with Gasteiger partial charge in [0.05, 0.1) is 31.5 Å². The molecule has 3 heterocycles. The summed E-state index contributed by atoms with van der Waals surface area (Å²) >= 11 is 0. The van der Waals surface area contributed by atoms with Crippen LogP contribution in [-0.4, -0.2) is 65.2 Å². The van der Waals surface area contributed by atoms with Crippen LogP contribution in [0.3, 0.4) is 0 Å². The number of benzene rings is 1. The van der Waals surface area contributed by atoms with E-state index in [4.69, 9.17) is 14.7 Å². The van der Waals surface area contributed by atoms with Gasteiger partial charge in [0.15, 0.2) is 5.82 Å². The van der Waals surface area contributed by atoms with Gasteiger partial charge < -0.3 is 25.2 Å². The van der Waals surface area contributed by atoms with Gasteiger partial charge in [-0.2, -0.15) is 0 Å². The Hall–Kier alpha value is -3.20. The molecule has 2 saturated carbocycles. The van der Waals surface area contributed by atoms with Gasteiger partial charge >= 0.3 is 6.03 Å². The fourth-order valence-corrected chi connectivity index (χ4v) is 4.88. The smallest absolute Gasteiger partial charge is 0.319 e. The van der Waals surface area contributed by atoms with Gasteiger partial charge in [-0.05, 0) is 63.3 Å². The maximum Gasteiger partial charge on any atom is 0.319 e. The number of nitrogens with zero attached hydrogens (tertiary/aromatic N) is 4. The molecule has 9 nitrogen and oxygen atoms in total. The quantitative estimate of drug-likeness (QED) is 0.688. The first-order chi connectivity index (χ1) is 17.0. The van der Waals surface area contributed by atoms with Crippen molar-refractivity contribution in [3.05, 3.63) is 35.5 Å². The highest BCUT2D eigenvalue weighted by Crippen LogP contribution is 2.35. The number of amides is 3. The van der Waals surface area contributed by atoms with Crippen LogP contribution in [0, 0.1) is 5.92 Å². The number of morpholine rings is 1. The van der Waals surface area contributed by atoms with Gasteiger partial charge in [-0.25, -0.2) is 14.8 Å². The summed E-state index contributed by atoms with van der Waals surface area (Å²) in [7, 11) is 0. The van der Waals surface area contributed by atoms with E-state index in [1.165, 1.54) is 0 Å². The van der Waals surface area contributed by atoms with E-state index in [9.17, 15) is 9.59 Å². The molecular formula is C26H32N6O3. The number of ether oxygens (including phenoxy) is 1. The zero-order valence-electron chi connectivity index (χ0n) is 20.1. The zero-order chi connectivity index (χ0) is 23.9. The molecule has 4 aliphatic rings. The summed E-state index contributed by atoms with van der Waals surface area (Å²) in [4.78, 5) is 39.1. The Bertz CT molecular complexity index is 1130. The van der Waals surface area contributed by atoms with E-state index < -0.39 is 0 Å². The van der Waals surface area contributed by atoms with Crippen LogP contribution >= 0.6 is 0 Å². The molecule has 2 aliphatic carbocycles. The molecule has 6 rings (SSSR count). The van der Waals surface area contributed by atoms with Crippen molar-refractivity contribution in [2.24, 2.45) is 5.92 Å². The van der Waals surface area contributed by atoms with Crippen LogP contribution in [0.4, 0.5) is 16.3 Å². The van der Waals surface area contributed by atoms with Crippen molar-refractivity contribution < 1.29 is 14.3 Å². The van der Waals surface area contributed by atoms with Crippen LogP contribution in [0.2, 0.25) is 0 Å². The monoisotopic (exact) mass is 476 g/mol. The van der Waals surface area contributed by atoms with Crippen molar-refractivity contribution in [2.45, 2.75) is 57.7 Å². The van der Waals surface area contributed by atoms with Crippen LogP contribution in [0.5, 0.6) is 0 Å². The van der Waals surface area contributed by atoms with E-state index >= 15 is 0 Å². The number of urea groups is 1. The molecule has 1 aromatic heterocycles. The molecule has 2 aromatic rings. The van der Waals surface area contributed by atoms with Crippen LogP contribution in [0.25, 0.3) is 11.4 Å². The Morgan fingerprint density at radius 1 is 1.06 bits per heavy atom. The summed E-state index contributed by atoms with van der Waals surface area (Å²) in [5, 5.41) is 5.82. The predicted octanol–water partition coefficient (Wildman–Crippen LogP) is 2.95. The highest BCUT2D eigenvalue weighted by atomic mass is 16.5. The van der Waals surface area contributed by atoms with Crippen molar-refractivity contribution in [3.8, 4) is 11.4 Å². The molecule has 184 valence electrons. The minimum Gasteiger partial charge on any atom is -0.377 e. The largest absolute Gasteiger partial charge is 0.377 e. The predicted molar refractivity (Wildman–Crippen MR) is 132 cm³/mol. The van der Waals surface area contributed by atoms with Gasteiger partial charge in [0.1, 0.15) is 5.82 Å². The van der Waals surface area contributed by atoms with Crippen LogP contribution in [0.15, 0.2) is 24.3 Å². The fraction of sp³-hybridized carbons (Fsp3) is 0.538. The molecule has 35 heavy (non-hydrogen) atoms. The van der Waals surface area contributed by atoms with E-state index in [2.05, 4.69) is 22.5 Å². The summed E-state index contributed by atoms with van der Waals surface area (Å²) in [5.41, 5.74) is 3.70. The van der Waals surface area contributed by atoms with Gasteiger partial charge in [0, 0.05) is 41.9 Å². The molecule has 1 aromatic carbocycles. The Kier molecular flexibility index (Phi) is 5.80. The standard InChI is InChI=1S/C26H32N6O3/c1-16-15-35-13-12-32(16)24-21-10-11-31(25(33)18-2-3-18)14-22(21)29-23(30-24)17-4-6-19(7-5-17)27-26(34)28-20-8-9-20/h4-7,16,18,20H,2-3,8-15H2,1H3,(H2,27,28,34)/t16-/m0/s1. The lowest BCUT2D eigenvalue weighted by Gasteiger charge is -2.38. The van der Waals surface area contributed by atoms with Crippen molar-refractivity contribution in [3.63, 3.8) is 0 Å². The number of hydrogen-bond donors (Lipinski definition) is 2. The number of rotatable bonds is 5. The van der Waals surface area contributed by atoms with E-state index in [1.54, 1.807) is 0 Å². The maximum atomic E-state index is 12.8. The van der Waals surface area contributed by atoms with Crippen LogP contribution in [-0.2, 0) is 22.5 Å². The van der Waals surface area contributed by atoms with Crippen LogP contribution in [0.1, 0.15) is 43.9 Å². The van der Waals surface area contributed by atoms with Gasteiger partial charge in [-0.15, -0.1) is 0 Å². The Morgan fingerprint density at radius 3 is 2.57 bits per heavy atom. The van der Waals surface area contributed by atoms with Crippen LogP contribution < -0.4 is 15.5 Å². The maximum absolute atomic E-state index is 12.8. The first-order valence-corrected chi connectivity index (χ1v) is 12.8. The zero-order valence-corrected chi connectivity index (χ0v) is 20.1. The third-order valence-corrected chi connectivity index (χ3v) is 7.23. The lowest BCUT2D eigenvalue weighted by Crippen LogP contribution is -2.46. The van der Waals surface area contributed by atoms with Crippen molar-refractivity contribution in [1.29, 1.82) is 0 Å². The minimum absolute atomic E-state index is 0.172. The average molecular weight is 477 g/mol. The second-order valence-electron chi connectivity index (χ2n) is 10.1. The van der Waals surface area contributed by atoms with Crippen molar-refractivity contribution >= 4 is 23.4 Å². The van der Waals surface area contributed by atoms with E-state index in [-0.39, 0.29) is 23.9 Å². The Labute approximate surface area is 205 Å². The lowest BCUT2D eigenvalue weighted by atomic mass is 10.0. The minimum atomic E-state index is -0.172. The third kappa shape index (κ3) is 4.82. The lowest BCUT2D eigenvalue weighted by molar-refractivity contribution is -0.133. The van der Waals surface area contributed by atoms with Gasteiger partial charge in [0.25, 0.3) is 0 Å². The third-order valence-electron chi connectivity index (χ3n) is 7.23. The molecule has 0 spiro atoms. The van der Waals surface area contributed by atoms with Crippen molar-refractivity contribution in [2.75, 3.05) is 36.5 Å². The SMILES string of the molecule is C[C@H]1COCCN1c1nc(-c2ccc(NC(=O)NC3CC3)cc2)nc2c1CCN(C(=O)C1CC1)C2. The molecule has 0 unspecified atom stereocenters. The number of aromatic nitrogens is 2. The van der Waals surface area contributed by atoms with E-state index in [1.807, 2.05) is 29.2 Å². The molecule has 3 amide bonds. The Balaban J connectivity index is 1.29. The first kappa shape index (κ1) is 22.3. The van der Waals surface area contributed by atoms with Gasteiger partial charge in [-0.1, -0.05) is 0 Å². The number of nitrogens with one attached hydrogen (secondary N) is 2. The number of fused-ring (bicyclic) bond motifs is 1. The van der Waals surface area contributed by atoms with E-state index in [0.717, 1.165) is 73.5 Å². The molecule has 1 atom stereocenters. The van der Waals surface area contributed by atoms with Gasteiger partial charge in [-0.3, -0.25) is 4.79 Å². The average Bonchev–Trinajstić information content (AvgIpc) is 3.79. The second kappa shape index (κ2) is 9.11. The highest BCUT2D eigenvalue weighted by molar-refractivity contribution is 5.90. The molecule has 0 radical (unpaired) electrons. The van der Waals surface area contributed by atoms with Gasteiger partial charge in [0.2, 0.25) is 5.91 Å². The summed E-state index contributed by atoms with van der Waals surface area (Å²) in [6, 6.07) is 8.00.